The predicted octanol–water partition coefficient (Wildman–Crippen LogP) is 4.00. The largest absolute Gasteiger partial charge is 0.497 e. The lowest BCUT2D eigenvalue weighted by Crippen LogP contribution is -1.87. The summed E-state index contributed by atoms with van der Waals surface area (Å²) in [5.41, 5.74) is 2.54. The highest BCUT2D eigenvalue weighted by molar-refractivity contribution is 9.10. The molecule has 0 N–H and O–H groups in total. The Morgan fingerprint density at radius 2 is 2.00 bits per heavy atom. The number of methoxy groups -OCH3 is 1. The molecular weight excluding hydrogens is 278 g/mol. The molecule has 0 bridgehead atoms. The summed E-state index contributed by atoms with van der Waals surface area (Å²) in [6.45, 7) is 0. The molecule has 0 aliphatic rings. The molecule has 2 aromatic rings. The summed E-state index contributed by atoms with van der Waals surface area (Å²) in [4.78, 5) is 0. The Balaban J connectivity index is 2.56. The second-order valence-corrected chi connectivity index (χ2v) is 4.45. The normalized spacial score (nSPS) is 9.71. The van der Waals surface area contributed by atoms with Gasteiger partial charge < -0.3 is 4.74 Å². The molecule has 0 saturated heterocycles. The van der Waals surface area contributed by atoms with Crippen LogP contribution in [0.3, 0.4) is 0 Å². The summed E-state index contributed by atoms with van der Waals surface area (Å²) in [7, 11) is 1.63. The maximum atomic E-state index is 9.13. The standard InChI is InChI=1S/C14H10BrNO/c1-17-13-4-2-3-10(8-13)14-6-5-12(15)7-11(14)9-16/h2-8H,1H3. The van der Waals surface area contributed by atoms with E-state index < -0.39 is 0 Å². The number of nitrogens with zero attached hydrogens (tertiary/aromatic N) is 1. The van der Waals surface area contributed by atoms with Crippen LogP contribution in [-0.2, 0) is 0 Å². The molecule has 84 valence electrons. The molecule has 0 aromatic heterocycles. The molecule has 0 amide bonds. The Morgan fingerprint density at radius 1 is 1.18 bits per heavy atom. The number of hydrogen-bond donors (Lipinski definition) is 0. The fourth-order valence-electron chi connectivity index (χ4n) is 1.65. The summed E-state index contributed by atoms with van der Waals surface area (Å²) < 4.78 is 6.08. The van der Waals surface area contributed by atoms with E-state index in [0.29, 0.717) is 5.56 Å². The van der Waals surface area contributed by atoms with Crippen LogP contribution in [0.2, 0.25) is 0 Å². The van der Waals surface area contributed by atoms with Crippen LogP contribution in [0, 0.1) is 11.3 Å². The van der Waals surface area contributed by atoms with Crippen molar-refractivity contribution in [3.8, 4) is 22.9 Å². The minimum atomic E-state index is 0.646. The minimum Gasteiger partial charge on any atom is -0.497 e. The van der Waals surface area contributed by atoms with Gasteiger partial charge in [-0.1, -0.05) is 34.1 Å². The van der Waals surface area contributed by atoms with Crippen LogP contribution < -0.4 is 4.74 Å². The van der Waals surface area contributed by atoms with Gasteiger partial charge in [-0.05, 0) is 35.4 Å². The van der Waals surface area contributed by atoms with Gasteiger partial charge in [-0.25, -0.2) is 0 Å². The molecule has 0 heterocycles. The zero-order valence-electron chi connectivity index (χ0n) is 9.27. The van der Waals surface area contributed by atoms with Crippen molar-refractivity contribution in [2.75, 3.05) is 7.11 Å². The molecule has 2 aromatic carbocycles. The molecule has 0 fully saturated rings. The van der Waals surface area contributed by atoms with Crippen molar-refractivity contribution < 1.29 is 4.74 Å². The highest BCUT2D eigenvalue weighted by Crippen LogP contribution is 2.28. The van der Waals surface area contributed by atoms with E-state index in [9.17, 15) is 0 Å². The van der Waals surface area contributed by atoms with Gasteiger partial charge in [0.1, 0.15) is 5.75 Å². The lowest BCUT2D eigenvalue weighted by Gasteiger charge is -2.06. The Kier molecular flexibility index (Phi) is 3.46. The van der Waals surface area contributed by atoms with E-state index >= 15 is 0 Å². The summed E-state index contributed by atoms with van der Waals surface area (Å²) in [6.07, 6.45) is 0. The monoisotopic (exact) mass is 287 g/mol. The van der Waals surface area contributed by atoms with Gasteiger partial charge >= 0.3 is 0 Å². The molecular formula is C14H10BrNO. The van der Waals surface area contributed by atoms with Gasteiger partial charge in [0.25, 0.3) is 0 Å². The molecule has 3 heteroatoms. The molecule has 0 spiro atoms. The Labute approximate surface area is 109 Å². The van der Waals surface area contributed by atoms with Crippen molar-refractivity contribution in [3.05, 3.63) is 52.5 Å². The van der Waals surface area contributed by atoms with Crippen molar-refractivity contribution >= 4 is 15.9 Å². The highest BCUT2D eigenvalue weighted by atomic mass is 79.9. The van der Waals surface area contributed by atoms with E-state index in [1.165, 1.54) is 0 Å². The predicted molar refractivity (Wildman–Crippen MR) is 70.8 cm³/mol. The lowest BCUT2D eigenvalue weighted by atomic mass is 10.0. The molecule has 0 aliphatic heterocycles. The van der Waals surface area contributed by atoms with Crippen LogP contribution in [0.15, 0.2) is 46.9 Å². The minimum absolute atomic E-state index is 0.646. The molecule has 0 radical (unpaired) electrons. The summed E-state index contributed by atoms with van der Waals surface area (Å²) >= 11 is 3.36. The average molecular weight is 288 g/mol. The Hall–Kier alpha value is -1.79. The van der Waals surface area contributed by atoms with E-state index in [0.717, 1.165) is 21.3 Å². The Morgan fingerprint density at radius 3 is 2.71 bits per heavy atom. The van der Waals surface area contributed by atoms with E-state index in [1.807, 2.05) is 42.5 Å². The lowest BCUT2D eigenvalue weighted by molar-refractivity contribution is 0.415. The average Bonchev–Trinajstić information content (AvgIpc) is 2.38. The van der Waals surface area contributed by atoms with E-state index in [-0.39, 0.29) is 0 Å². The van der Waals surface area contributed by atoms with E-state index in [4.69, 9.17) is 10.00 Å². The van der Waals surface area contributed by atoms with E-state index in [2.05, 4.69) is 22.0 Å². The second-order valence-electron chi connectivity index (χ2n) is 3.53. The highest BCUT2D eigenvalue weighted by Gasteiger charge is 2.06. The van der Waals surface area contributed by atoms with Gasteiger partial charge in [-0.3, -0.25) is 0 Å². The molecule has 0 saturated carbocycles. The number of nitriles is 1. The number of halogens is 1. The third-order valence-electron chi connectivity index (χ3n) is 2.48. The maximum Gasteiger partial charge on any atom is 0.119 e. The number of hydrogen-bond acceptors (Lipinski definition) is 2. The van der Waals surface area contributed by atoms with Crippen LogP contribution in [-0.4, -0.2) is 7.11 Å². The molecule has 0 aliphatic carbocycles. The zero-order chi connectivity index (χ0) is 12.3. The van der Waals surface area contributed by atoms with Gasteiger partial charge in [-0.2, -0.15) is 5.26 Å². The maximum absolute atomic E-state index is 9.13. The van der Waals surface area contributed by atoms with Gasteiger partial charge in [0.05, 0.1) is 18.7 Å². The molecule has 2 nitrogen and oxygen atoms in total. The molecule has 2 rings (SSSR count). The van der Waals surface area contributed by atoms with Crippen LogP contribution in [0.25, 0.3) is 11.1 Å². The first-order chi connectivity index (χ1) is 8.24. The van der Waals surface area contributed by atoms with Crippen molar-refractivity contribution in [1.29, 1.82) is 5.26 Å². The van der Waals surface area contributed by atoms with Crippen molar-refractivity contribution in [1.82, 2.24) is 0 Å². The molecule has 17 heavy (non-hydrogen) atoms. The number of benzene rings is 2. The first-order valence-corrected chi connectivity index (χ1v) is 5.88. The zero-order valence-corrected chi connectivity index (χ0v) is 10.9. The first kappa shape index (κ1) is 11.7. The second kappa shape index (κ2) is 5.03. The summed E-state index contributed by atoms with van der Waals surface area (Å²) in [6, 6.07) is 15.6. The summed E-state index contributed by atoms with van der Waals surface area (Å²) in [5, 5.41) is 9.13. The van der Waals surface area contributed by atoms with Gasteiger partial charge in [0, 0.05) is 4.47 Å². The summed E-state index contributed by atoms with van der Waals surface area (Å²) in [5.74, 6) is 0.786. The van der Waals surface area contributed by atoms with Gasteiger partial charge in [-0.15, -0.1) is 0 Å². The smallest absolute Gasteiger partial charge is 0.119 e. The fraction of sp³-hybridized carbons (Fsp3) is 0.0714. The topological polar surface area (TPSA) is 33.0 Å². The van der Waals surface area contributed by atoms with Crippen LogP contribution in [0.5, 0.6) is 5.75 Å². The van der Waals surface area contributed by atoms with E-state index in [1.54, 1.807) is 7.11 Å². The van der Waals surface area contributed by atoms with Gasteiger partial charge in [0.15, 0.2) is 0 Å². The molecule has 0 unspecified atom stereocenters. The van der Waals surface area contributed by atoms with Crippen LogP contribution in [0.1, 0.15) is 5.56 Å². The van der Waals surface area contributed by atoms with Crippen LogP contribution in [0.4, 0.5) is 0 Å². The first-order valence-electron chi connectivity index (χ1n) is 5.08. The number of rotatable bonds is 2. The fourth-order valence-corrected chi connectivity index (χ4v) is 2.01. The SMILES string of the molecule is COc1cccc(-c2ccc(Br)cc2C#N)c1. The third-order valence-corrected chi connectivity index (χ3v) is 2.98. The van der Waals surface area contributed by atoms with Crippen molar-refractivity contribution in [3.63, 3.8) is 0 Å². The molecule has 0 atom stereocenters. The quantitative estimate of drug-likeness (QED) is 0.837. The van der Waals surface area contributed by atoms with Crippen LogP contribution >= 0.6 is 15.9 Å². The van der Waals surface area contributed by atoms with Gasteiger partial charge in [0.2, 0.25) is 0 Å². The van der Waals surface area contributed by atoms with Crippen molar-refractivity contribution in [2.45, 2.75) is 0 Å². The number of ether oxygens (including phenoxy) is 1. The van der Waals surface area contributed by atoms with Crippen molar-refractivity contribution in [2.24, 2.45) is 0 Å². The third kappa shape index (κ3) is 2.48. The Bertz CT molecular complexity index is 587.